The molecule has 1 aliphatic rings. The van der Waals surface area contributed by atoms with Gasteiger partial charge in [-0.2, -0.15) is 0 Å². The van der Waals surface area contributed by atoms with Gasteiger partial charge in [-0.3, -0.25) is 4.79 Å². The number of carbonyl (C=O) groups excluding carboxylic acids is 1. The van der Waals surface area contributed by atoms with E-state index in [4.69, 9.17) is 0 Å². The highest BCUT2D eigenvalue weighted by Crippen LogP contribution is 2.23. The Labute approximate surface area is 121 Å². The molecule has 0 aromatic carbocycles. The van der Waals surface area contributed by atoms with Crippen molar-refractivity contribution < 1.29 is 4.79 Å². The summed E-state index contributed by atoms with van der Waals surface area (Å²) < 4.78 is 1.18. The van der Waals surface area contributed by atoms with Gasteiger partial charge in [0.15, 0.2) is 0 Å². The third-order valence-electron chi connectivity index (χ3n) is 3.52. The maximum atomic E-state index is 11.3. The predicted octanol–water partition coefficient (Wildman–Crippen LogP) is 2.86. The van der Waals surface area contributed by atoms with E-state index in [2.05, 4.69) is 40.3 Å². The van der Waals surface area contributed by atoms with Crippen LogP contribution in [0.25, 0.3) is 0 Å². The van der Waals surface area contributed by atoms with Crippen molar-refractivity contribution in [2.24, 2.45) is 5.92 Å². The van der Waals surface area contributed by atoms with Crippen molar-refractivity contribution in [3.63, 3.8) is 0 Å². The lowest BCUT2D eigenvalue weighted by Gasteiger charge is -2.37. The molecule has 0 bridgehead atoms. The Hall–Kier alpha value is -0.390. The van der Waals surface area contributed by atoms with Gasteiger partial charge < -0.3 is 10.2 Å². The van der Waals surface area contributed by atoms with E-state index < -0.39 is 0 Å². The molecule has 5 heteroatoms. The van der Waals surface area contributed by atoms with Gasteiger partial charge in [-0.25, -0.2) is 0 Å². The number of carbonyl (C=O) groups is 1. The fraction of sp³-hybridized carbons (Fsp3) is 0.615. The van der Waals surface area contributed by atoms with E-state index in [1.54, 1.807) is 18.3 Å². The minimum atomic E-state index is 0.197. The third-order valence-corrected chi connectivity index (χ3v) is 5.14. The molecule has 3 nitrogen and oxygen atoms in total. The van der Waals surface area contributed by atoms with E-state index in [0.29, 0.717) is 12.0 Å². The van der Waals surface area contributed by atoms with E-state index in [-0.39, 0.29) is 5.91 Å². The summed E-state index contributed by atoms with van der Waals surface area (Å²) in [7, 11) is 0. The molecule has 2 heterocycles. The minimum absolute atomic E-state index is 0.197. The minimum Gasteiger partial charge on any atom is -0.343 e. The standard InChI is InChI=1S/C13H19BrN2OS/c1-9-8-16(10(2)17)6-5-12(9)15-7-11-3-4-13(14)18-11/h3-4,9,12,15H,5-8H2,1-2H3. The van der Waals surface area contributed by atoms with Gasteiger partial charge in [-0.15, -0.1) is 11.3 Å². The average molecular weight is 331 g/mol. The molecule has 0 saturated carbocycles. The Morgan fingerprint density at radius 1 is 1.61 bits per heavy atom. The van der Waals surface area contributed by atoms with Crippen LogP contribution < -0.4 is 5.32 Å². The zero-order valence-electron chi connectivity index (χ0n) is 10.8. The molecule has 1 saturated heterocycles. The molecular weight excluding hydrogens is 312 g/mol. The van der Waals surface area contributed by atoms with Crippen molar-refractivity contribution in [3.8, 4) is 0 Å². The van der Waals surface area contributed by atoms with E-state index in [0.717, 1.165) is 26.1 Å². The van der Waals surface area contributed by atoms with Crippen LogP contribution in [0, 0.1) is 5.92 Å². The molecule has 0 spiro atoms. The summed E-state index contributed by atoms with van der Waals surface area (Å²) in [4.78, 5) is 14.6. The first-order valence-electron chi connectivity index (χ1n) is 6.29. The zero-order chi connectivity index (χ0) is 13.1. The fourth-order valence-corrected chi connectivity index (χ4v) is 3.85. The third kappa shape index (κ3) is 3.56. The number of thiophene rings is 1. The van der Waals surface area contributed by atoms with Crippen molar-refractivity contribution in [3.05, 3.63) is 20.8 Å². The molecular formula is C13H19BrN2OS. The molecule has 0 aliphatic carbocycles. The van der Waals surface area contributed by atoms with Crippen molar-refractivity contribution in [2.75, 3.05) is 13.1 Å². The summed E-state index contributed by atoms with van der Waals surface area (Å²) in [5, 5.41) is 3.61. The molecule has 0 radical (unpaired) electrons. The SMILES string of the molecule is CC(=O)N1CCC(NCc2ccc(Br)s2)C(C)C1. The predicted molar refractivity (Wildman–Crippen MR) is 78.7 cm³/mol. The molecule has 1 fully saturated rings. The topological polar surface area (TPSA) is 32.3 Å². The van der Waals surface area contributed by atoms with Gasteiger partial charge in [0.25, 0.3) is 0 Å². The normalized spacial score (nSPS) is 24.3. The molecule has 1 aliphatic heterocycles. The summed E-state index contributed by atoms with van der Waals surface area (Å²) in [6.45, 7) is 6.55. The van der Waals surface area contributed by atoms with E-state index in [9.17, 15) is 4.79 Å². The summed E-state index contributed by atoms with van der Waals surface area (Å²) in [6, 6.07) is 4.75. The zero-order valence-corrected chi connectivity index (χ0v) is 13.2. The number of halogens is 1. The highest BCUT2D eigenvalue weighted by Gasteiger charge is 2.26. The Balaban J connectivity index is 1.82. The first kappa shape index (κ1) is 14.0. The van der Waals surface area contributed by atoms with Crippen LogP contribution >= 0.6 is 27.3 Å². The lowest BCUT2D eigenvalue weighted by Crippen LogP contribution is -2.49. The van der Waals surface area contributed by atoms with Crippen molar-refractivity contribution in [2.45, 2.75) is 32.9 Å². The maximum Gasteiger partial charge on any atom is 0.219 e. The molecule has 1 N–H and O–H groups in total. The number of likely N-dealkylation sites (tertiary alicyclic amines) is 1. The number of nitrogens with zero attached hydrogens (tertiary/aromatic N) is 1. The lowest BCUT2D eigenvalue weighted by atomic mass is 9.94. The number of piperidine rings is 1. The molecule has 2 unspecified atom stereocenters. The second-order valence-electron chi connectivity index (χ2n) is 4.92. The number of hydrogen-bond donors (Lipinski definition) is 1. The van der Waals surface area contributed by atoms with Gasteiger partial charge in [0, 0.05) is 37.5 Å². The quantitative estimate of drug-likeness (QED) is 0.924. The first-order chi connectivity index (χ1) is 8.56. The molecule has 2 rings (SSSR count). The lowest BCUT2D eigenvalue weighted by molar-refractivity contribution is -0.130. The van der Waals surface area contributed by atoms with Crippen LogP contribution in [0.15, 0.2) is 15.9 Å². The second kappa shape index (κ2) is 6.17. The Kier molecular flexibility index (Phi) is 4.81. The van der Waals surface area contributed by atoms with Crippen molar-refractivity contribution in [1.29, 1.82) is 0 Å². The van der Waals surface area contributed by atoms with E-state index in [1.165, 1.54) is 8.66 Å². The Bertz CT molecular complexity index is 421. The highest BCUT2D eigenvalue weighted by molar-refractivity contribution is 9.11. The average Bonchev–Trinajstić information content (AvgIpc) is 2.73. The van der Waals surface area contributed by atoms with Gasteiger partial charge in [-0.1, -0.05) is 6.92 Å². The van der Waals surface area contributed by atoms with Crippen LogP contribution in [0.1, 0.15) is 25.1 Å². The number of amides is 1. The van der Waals surface area contributed by atoms with E-state index >= 15 is 0 Å². The number of rotatable bonds is 3. The number of hydrogen-bond acceptors (Lipinski definition) is 3. The van der Waals surface area contributed by atoms with Gasteiger partial charge in [0.1, 0.15) is 0 Å². The van der Waals surface area contributed by atoms with Crippen LogP contribution in [0.5, 0.6) is 0 Å². The van der Waals surface area contributed by atoms with Crippen molar-refractivity contribution in [1.82, 2.24) is 10.2 Å². The maximum absolute atomic E-state index is 11.3. The summed E-state index contributed by atoms with van der Waals surface area (Å²) in [5.41, 5.74) is 0. The van der Waals surface area contributed by atoms with Crippen LogP contribution in [0.3, 0.4) is 0 Å². The molecule has 1 aromatic rings. The van der Waals surface area contributed by atoms with Crippen LogP contribution in [-0.2, 0) is 11.3 Å². The van der Waals surface area contributed by atoms with Crippen molar-refractivity contribution >= 4 is 33.2 Å². The monoisotopic (exact) mass is 330 g/mol. The Morgan fingerprint density at radius 2 is 2.39 bits per heavy atom. The van der Waals surface area contributed by atoms with Gasteiger partial charge in [0.2, 0.25) is 5.91 Å². The van der Waals surface area contributed by atoms with Crippen LogP contribution in [-0.4, -0.2) is 29.9 Å². The summed E-state index contributed by atoms with van der Waals surface area (Å²) >= 11 is 5.25. The summed E-state index contributed by atoms with van der Waals surface area (Å²) in [5.74, 6) is 0.716. The molecule has 18 heavy (non-hydrogen) atoms. The summed E-state index contributed by atoms with van der Waals surface area (Å²) in [6.07, 6.45) is 1.05. The molecule has 2 atom stereocenters. The molecule has 1 amide bonds. The first-order valence-corrected chi connectivity index (χ1v) is 7.90. The highest BCUT2D eigenvalue weighted by atomic mass is 79.9. The van der Waals surface area contributed by atoms with Gasteiger partial charge in [0.05, 0.1) is 3.79 Å². The van der Waals surface area contributed by atoms with Gasteiger partial charge in [-0.05, 0) is 40.4 Å². The largest absolute Gasteiger partial charge is 0.343 e. The number of nitrogens with one attached hydrogen (secondary N) is 1. The smallest absolute Gasteiger partial charge is 0.219 e. The second-order valence-corrected chi connectivity index (χ2v) is 7.47. The molecule has 1 aromatic heterocycles. The van der Waals surface area contributed by atoms with Crippen LogP contribution in [0.4, 0.5) is 0 Å². The van der Waals surface area contributed by atoms with E-state index in [1.807, 2.05) is 4.90 Å². The van der Waals surface area contributed by atoms with Crippen LogP contribution in [0.2, 0.25) is 0 Å². The van der Waals surface area contributed by atoms with Gasteiger partial charge >= 0.3 is 0 Å². The fourth-order valence-electron chi connectivity index (χ4n) is 2.41. The Morgan fingerprint density at radius 3 is 2.94 bits per heavy atom. The molecule has 100 valence electrons.